The number of nitrogens with zero attached hydrogens (tertiary/aromatic N) is 1. The number of hydrogen-bond donors (Lipinski definition) is 1. The lowest BCUT2D eigenvalue weighted by molar-refractivity contribution is 0.0978. The van der Waals surface area contributed by atoms with Gasteiger partial charge in [0.15, 0.2) is 5.78 Å². The number of hydrogen-bond acceptors (Lipinski definition) is 2. The third-order valence-electron chi connectivity index (χ3n) is 6.36. The second kappa shape index (κ2) is 10.4. The van der Waals surface area contributed by atoms with Crippen LogP contribution in [-0.2, 0) is 6.54 Å². The molecule has 0 amide bonds. The number of likely N-dealkylation sites (tertiary alicyclic amines) is 1. The fraction of sp³-hybridized carbons (Fsp3) is 0.370. The molecule has 1 N–H and O–H groups in total. The van der Waals surface area contributed by atoms with Gasteiger partial charge in [0.2, 0.25) is 0 Å². The lowest BCUT2D eigenvalue weighted by Gasteiger charge is -2.32. The fourth-order valence-corrected chi connectivity index (χ4v) is 4.60. The quantitative estimate of drug-likeness (QED) is 0.336. The average Bonchev–Trinajstić information content (AvgIpc) is 3.33. The number of Topliss-reactive ketones (excluding diaryl/α,β-unsaturated/α-hetero) is 1. The maximum absolute atomic E-state index is 12.8. The van der Waals surface area contributed by atoms with Gasteiger partial charge in [0.25, 0.3) is 0 Å². The van der Waals surface area contributed by atoms with Crippen LogP contribution in [0.2, 0.25) is 0 Å². The maximum atomic E-state index is 12.8. The van der Waals surface area contributed by atoms with Gasteiger partial charge in [-0.25, -0.2) is 0 Å². The Bertz CT molecular complexity index is 909. The van der Waals surface area contributed by atoms with Crippen molar-refractivity contribution >= 4 is 5.78 Å². The van der Waals surface area contributed by atoms with Crippen molar-refractivity contribution in [1.29, 1.82) is 0 Å². The number of nitrogens with one attached hydrogen (secondary N) is 1. The van der Waals surface area contributed by atoms with Crippen LogP contribution in [0.5, 0.6) is 0 Å². The molecule has 0 bridgehead atoms. The molecule has 0 atom stereocenters. The van der Waals surface area contributed by atoms with E-state index in [0.717, 1.165) is 42.0 Å². The molecule has 1 fully saturated rings. The molecular weight excluding hydrogens is 368 g/mol. The first-order valence-corrected chi connectivity index (χ1v) is 11.3. The standard InChI is InChI=1S/C27H32N2O/c30-27(26-12-6-5-11-25(26)24-14-17-28-20-24)13-7-4-8-22-15-18-29(19-16-22)21-23-9-2-1-3-10-23/h1-3,5-6,9-12,14,17,20,22,28H,4,7-8,13,15-16,18-19,21H2. The molecular formula is C27H32N2O. The van der Waals surface area contributed by atoms with Crippen molar-refractivity contribution in [3.05, 3.63) is 84.2 Å². The van der Waals surface area contributed by atoms with Crippen LogP contribution in [0.1, 0.15) is 54.4 Å². The molecule has 1 aliphatic rings. The fourth-order valence-electron chi connectivity index (χ4n) is 4.60. The zero-order valence-electron chi connectivity index (χ0n) is 17.7. The predicted octanol–water partition coefficient (Wildman–Crippen LogP) is 6.34. The number of aromatic amines is 1. The molecule has 0 radical (unpaired) electrons. The van der Waals surface area contributed by atoms with Gasteiger partial charge in [-0.15, -0.1) is 0 Å². The Kier molecular flexibility index (Phi) is 7.15. The molecule has 1 aliphatic heterocycles. The molecule has 156 valence electrons. The topological polar surface area (TPSA) is 36.1 Å². The second-order valence-electron chi connectivity index (χ2n) is 8.52. The minimum Gasteiger partial charge on any atom is -0.367 e. The zero-order chi connectivity index (χ0) is 20.6. The molecule has 2 heterocycles. The summed E-state index contributed by atoms with van der Waals surface area (Å²) in [5.41, 5.74) is 4.39. The van der Waals surface area contributed by atoms with Gasteiger partial charge in [-0.2, -0.15) is 0 Å². The maximum Gasteiger partial charge on any atom is 0.163 e. The predicted molar refractivity (Wildman–Crippen MR) is 123 cm³/mol. The molecule has 2 aromatic carbocycles. The molecule has 0 aliphatic carbocycles. The summed E-state index contributed by atoms with van der Waals surface area (Å²) in [5.74, 6) is 1.09. The van der Waals surface area contributed by atoms with E-state index in [1.807, 2.05) is 42.7 Å². The smallest absolute Gasteiger partial charge is 0.163 e. The van der Waals surface area contributed by atoms with E-state index in [-0.39, 0.29) is 5.78 Å². The van der Waals surface area contributed by atoms with Crippen molar-refractivity contribution < 1.29 is 4.79 Å². The third kappa shape index (κ3) is 5.48. The van der Waals surface area contributed by atoms with Crippen molar-refractivity contribution in [2.75, 3.05) is 13.1 Å². The molecule has 1 saturated heterocycles. The van der Waals surface area contributed by atoms with Gasteiger partial charge in [0, 0.05) is 30.9 Å². The van der Waals surface area contributed by atoms with Crippen molar-refractivity contribution in [1.82, 2.24) is 9.88 Å². The first kappa shape index (κ1) is 20.6. The highest BCUT2D eigenvalue weighted by atomic mass is 16.1. The van der Waals surface area contributed by atoms with E-state index in [1.165, 1.54) is 37.9 Å². The molecule has 1 aromatic heterocycles. The van der Waals surface area contributed by atoms with Gasteiger partial charge in [0.1, 0.15) is 0 Å². The van der Waals surface area contributed by atoms with Gasteiger partial charge in [-0.05, 0) is 61.0 Å². The summed E-state index contributed by atoms with van der Waals surface area (Å²) in [6.07, 6.45) is 10.5. The monoisotopic (exact) mass is 400 g/mol. The Labute approximate surface area is 180 Å². The Morgan fingerprint density at radius 1 is 0.933 bits per heavy atom. The van der Waals surface area contributed by atoms with Crippen molar-refractivity contribution in [3.63, 3.8) is 0 Å². The summed E-state index contributed by atoms with van der Waals surface area (Å²) < 4.78 is 0. The lowest BCUT2D eigenvalue weighted by Crippen LogP contribution is -2.33. The van der Waals surface area contributed by atoms with Crippen LogP contribution in [0.3, 0.4) is 0 Å². The number of ketones is 1. The highest BCUT2D eigenvalue weighted by Gasteiger charge is 2.19. The van der Waals surface area contributed by atoms with Crippen molar-refractivity contribution in [2.24, 2.45) is 5.92 Å². The summed E-state index contributed by atoms with van der Waals surface area (Å²) in [6, 6.07) is 20.8. The molecule has 3 nitrogen and oxygen atoms in total. The van der Waals surface area contributed by atoms with Gasteiger partial charge >= 0.3 is 0 Å². The molecule has 0 spiro atoms. The summed E-state index contributed by atoms with van der Waals surface area (Å²) in [4.78, 5) is 18.5. The number of benzene rings is 2. The van der Waals surface area contributed by atoms with Crippen molar-refractivity contribution in [3.8, 4) is 11.1 Å². The zero-order valence-corrected chi connectivity index (χ0v) is 17.7. The number of H-pyrrole nitrogens is 1. The SMILES string of the molecule is O=C(CCCCC1CCN(Cc2ccccc2)CC1)c1ccccc1-c1cc[nH]c1. The normalized spacial score (nSPS) is 15.3. The summed E-state index contributed by atoms with van der Waals surface area (Å²) >= 11 is 0. The number of piperidine rings is 1. The molecule has 30 heavy (non-hydrogen) atoms. The third-order valence-corrected chi connectivity index (χ3v) is 6.36. The Morgan fingerprint density at radius 2 is 1.70 bits per heavy atom. The van der Waals surface area contributed by atoms with Gasteiger partial charge in [-0.3, -0.25) is 9.69 Å². The summed E-state index contributed by atoms with van der Waals surface area (Å²) in [6.45, 7) is 3.47. The van der Waals surface area contributed by atoms with E-state index >= 15 is 0 Å². The van der Waals surface area contributed by atoms with E-state index < -0.39 is 0 Å². The number of rotatable bonds is 9. The minimum atomic E-state index is 0.268. The number of aromatic nitrogens is 1. The van der Waals surface area contributed by atoms with Crippen LogP contribution >= 0.6 is 0 Å². The molecule has 4 rings (SSSR count). The first-order chi connectivity index (χ1) is 14.8. The van der Waals surface area contributed by atoms with E-state index in [4.69, 9.17) is 0 Å². The first-order valence-electron chi connectivity index (χ1n) is 11.3. The van der Waals surface area contributed by atoms with Crippen LogP contribution in [0.4, 0.5) is 0 Å². The average molecular weight is 401 g/mol. The minimum absolute atomic E-state index is 0.268. The molecule has 3 heteroatoms. The van der Waals surface area contributed by atoms with Crippen LogP contribution in [0.15, 0.2) is 73.1 Å². The Balaban J connectivity index is 1.18. The highest BCUT2D eigenvalue weighted by molar-refractivity contribution is 6.02. The molecule has 0 saturated carbocycles. The van der Waals surface area contributed by atoms with Gasteiger partial charge in [-0.1, -0.05) is 67.4 Å². The van der Waals surface area contributed by atoms with Crippen molar-refractivity contribution in [2.45, 2.75) is 45.1 Å². The number of unbranched alkanes of at least 4 members (excludes halogenated alkanes) is 1. The van der Waals surface area contributed by atoms with Crippen LogP contribution < -0.4 is 0 Å². The Morgan fingerprint density at radius 3 is 2.47 bits per heavy atom. The van der Waals surface area contributed by atoms with E-state index in [9.17, 15) is 4.79 Å². The molecule has 3 aromatic rings. The van der Waals surface area contributed by atoms with E-state index in [2.05, 4.69) is 40.2 Å². The Hall–Kier alpha value is -2.65. The largest absolute Gasteiger partial charge is 0.367 e. The summed E-state index contributed by atoms with van der Waals surface area (Å²) in [7, 11) is 0. The summed E-state index contributed by atoms with van der Waals surface area (Å²) in [5, 5.41) is 0. The highest BCUT2D eigenvalue weighted by Crippen LogP contribution is 2.26. The van der Waals surface area contributed by atoms with Crippen LogP contribution in [0.25, 0.3) is 11.1 Å². The van der Waals surface area contributed by atoms with Gasteiger partial charge < -0.3 is 4.98 Å². The number of carbonyl (C=O) groups excluding carboxylic acids is 1. The van der Waals surface area contributed by atoms with Gasteiger partial charge in [0.05, 0.1) is 0 Å². The molecule has 0 unspecified atom stereocenters. The second-order valence-corrected chi connectivity index (χ2v) is 8.52. The lowest BCUT2D eigenvalue weighted by atomic mass is 9.90. The van der Waals surface area contributed by atoms with Crippen LogP contribution in [0, 0.1) is 5.92 Å². The van der Waals surface area contributed by atoms with E-state index in [0.29, 0.717) is 6.42 Å². The number of carbonyl (C=O) groups is 1. The van der Waals surface area contributed by atoms with Crippen LogP contribution in [-0.4, -0.2) is 28.8 Å². The van der Waals surface area contributed by atoms with E-state index in [1.54, 1.807) is 0 Å².